The van der Waals surface area contributed by atoms with Crippen LogP contribution in [0.1, 0.15) is 24.0 Å². The average molecular weight is 439 g/mol. The van der Waals surface area contributed by atoms with Crippen LogP contribution in [-0.2, 0) is 9.59 Å². The number of benzene rings is 2. The van der Waals surface area contributed by atoms with Gasteiger partial charge < -0.3 is 25.6 Å². The van der Waals surface area contributed by atoms with Crippen molar-refractivity contribution in [1.82, 2.24) is 10.2 Å². The number of hydrogen-bond donors (Lipinski definition) is 3. The van der Waals surface area contributed by atoms with Crippen molar-refractivity contribution in [3.8, 4) is 5.75 Å². The predicted octanol–water partition coefficient (Wildman–Crippen LogP) is 3.31. The molecule has 3 rings (SSSR count). The third-order valence-corrected chi connectivity index (χ3v) is 5.65. The number of amides is 4. The number of nitrogens with zero attached hydrogens (tertiary/aromatic N) is 1. The topological polar surface area (TPSA) is 99.8 Å². The molecule has 2 aromatic rings. The summed E-state index contributed by atoms with van der Waals surface area (Å²) in [5.41, 5.74) is 3.17. The van der Waals surface area contributed by atoms with Gasteiger partial charge in [0.15, 0.2) is 0 Å². The second kappa shape index (κ2) is 10.7. The summed E-state index contributed by atoms with van der Waals surface area (Å²) in [5.74, 6) is -0.505. The smallest absolute Gasteiger partial charge is 0.321 e. The zero-order valence-electron chi connectivity index (χ0n) is 18.7. The lowest BCUT2D eigenvalue weighted by Crippen LogP contribution is -2.44. The minimum atomic E-state index is -0.674. The van der Waals surface area contributed by atoms with Crippen molar-refractivity contribution in [2.24, 2.45) is 5.92 Å². The molecular formula is C24H30N4O4. The normalized spacial score (nSPS) is 13.9. The fourth-order valence-electron chi connectivity index (χ4n) is 3.65. The summed E-state index contributed by atoms with van der Waals surface area (Å²) in [6.45, 7) is 5.37. The van der Waals surface area contributed by atoms with Crippen molar-refractivity contribution in [3.05, 3.63) is 53.6 Å². The van der Waals surface area contributed by atoms with E-state index in [2.05, 4.69) is 16.0 Å². The molecule has 170 valence electrons. The maximum atomic E-state index is 12.6. The Morgan fingerprint density at radius 1 is 0.969 bits per heavy atom. The predicted molar refractivity (Wildman–Crippen MR) is 124 cm³/mol. The standard InChI is InChI=1S/C24H30N4O4/c1-16-8-9-17(2)20(14-16)26-23(30)22(29)25-15-18-10-12-28(13-11-18)24(31)27-19-6-4-5-7-21(19)32-3/h4-9,14,18H,10-13,15H2,1-3H3,(H,25,29)(H,26,30)(H,27,31). The van der Waals surface area contributed by atoms with Gasteiger partial charge in [-0.15, -0.1) is 0 Å². The Labute approximate surface area is 188 Å². The maximum Gasteiger partial charge on any atom is 0.321 e. The van der Waals surface area contributed by atoms with Gasteiger partial charge in [-0.05, 0) is 61.9 Å². The number of methoxy groups -OCH3 is 1. The van der Waals surface area contributed by atoms with E-state index in [1.165, 1.54) is 0 Å². The van der Waals surface area contributed by atoms with Crippen LogP contribution in [0.25, 0.3) is 0 Å². The molecule has 1 heterocycles. The van der Waals surface area contributed by atoms with Crippen LogP contribution in [-0.4, -0.2) is 49.5 Å². The van der Waals surface area contributed by atoms with Gasteiger partial charge in [0.05, 0.1) is 12.8 Å². The fraction of sp³-hybridized carbons (Fsp3) is 0.375. The van der Waals surface area contributed by atoms with Gasteiger partial charge in [-0.2, -0.15) is 0 Å². The van der Waals surface area contributed by atoms with Crippen LogP contribution in [0.15, 0.2) is 42.5 Å². The number of para-hydroxylation sites is 2. The van der Waals surface area contributed by atoms with Crippen molar-refractivity contribution in [2.75, 3.05) is 37.4 Å². The van der Waals surface area contributed by atoms with E-state index in [0.29, 0.717) is 36.8 Å². The van der Waals surface area contributed by atoms with E-state index in [9.17, 15) is 14.4 Å². The summed E-state index contributed by atoms with van der Waals surface area (Å²) in [7, 11) is 1.56. The van der Waals surface area contributed by atoms with Gasteiger partial charge in [-0.3, -0.25) is 9.59 Å². The number of nitrogens with one attached hydrogen (secondary N) is 3. The number of urea groups is 1. The van der Waals surface area contributed by atoms with E-state index in [1.807, 2.05) is 44.2 Å². The van der Waals surface area contributed by atoms with Gasteiger partial charge in [0.25, 0.3) is 0 Å². The fourth-order valence-corrected chi connectivity index (χ4v) is 3.65. The molecule has 0 saturated carbocycles. The molecular weight excluding hydrogens is 408 g/mol. The molecule has 0 aliphatic carbocycles. The highest BCUT2D eigenvalue weighted by molar-refractivity contribution is 6.39. The summed E-state index contributed by atoms with van der Waals surface area (Å²) in [6.07, 6.45) is 1.50. The molecule has 0 unspecified atom stereocenters. The summed E-state index contributed by atoms with van der Waals surface area (Å²) in [4.78, 5) is 38.7. The number of likely N-dealkylation sites (tertiary alicyclic amines) is 1. The zero-order valence-corrected chi connectivity index (χ0v) is 18.7. The molecule has 8 nitrogen and oxygen atoms in total. The number of hydrogen-bond acceptors (Lipinski definition) is 4. The van der Waals surface area contributed by atoms with Crippen molar-refractivity contribution in [1.29, 1.82) is 0 Å². The summed E-state index contributed by atoms with van der Waals surface area (Å²) >= 11 is 0. The van der Waals surface area contributed by atoms with Gasteiger partial charge in [-0.1, -0.05) is 24.3 Å². The molecule has 0 spiro atoms. The second-order valence-electron chi connectivity index (χ2n) is 8.04. The Kier molecular flexibility index (Phi) is 7.70. The van der Waals surface area contributed by atoms with Crippen LogP contribution < -0.4 is 20.7 Å². The third kappa shape index (κ3) is 6.00. The lowest BCUT2D eigenvalue weighted by atomic mass is 9.97. The van der Waals surface area contributed by atoms with Crippen molar-refractivity contribution >= 4 is 29.2 Å². The van der Waals surface area contributed by atoms with Crippen LogP contribution in [0.4, 0.5) is 16.2 Å². The molecule has 0 atom stereocenters. The van der Waals surface area contributed by atoms with E-state index in [-0.39, 0.29) is 11.9 Å². The van der Waals surface area contributed by atoms with Gasteiger partial charge >= 0.3 is 17.8 Å². The van der Waals surface area contributed by atoms with E-state index in [1.54, 1.807) is 24.1 Å². The van der Waals surface area contributed by atoms with Crippen molar-refractivity contribution < 1.29 is 19.1 Å². The van der Waals surface area contributed by atoms with Gasteiger partial charge in [0.1, 0.15) is 5.75 Å². The molecule has 1 aliphatic heterocycles. The number of carbonyl (C=O) groups is 3. The Balaban J connectivity index is 1.42. The van der Waals surface area contributed by atoms with Crippen molar-refractivity contribution in [3.63, 3.8) is 0 Å². The van der Waals surface area contributed by atoms with E-state index >= 15 is 0 Å². The lowest BCUT2D eigenvalue weighted by Gasteiger charge is -2.32. The molecule has 8 heteroatoms. The van der Waals surface area contributed by atoms with Gasteiger partial charge in [-0.25, -0.2) is 4.79 Å². The van der Waals surface area contributed by atoms with Crippen molar-refractivity contribution in [2.45, 2.75) is 26.7 Å². The largest absolute Gasteiger partial charge is 0.495 e. The van der Waals surface area contributed by atoms with Crippen LogP contribution in [0.2, 0.25) is 0 Å². The average Bonchev–Trinajstić information content (AvgIpc) is 2.80. The quantitative estimate of drug-likeness (QED) is 0.624. The van der Waals surface area contributed by atoms with E-state index in [4.69, 9.17) is 4.74 Å². The second-order valence-corrected chi connectivity index (χ2v) is 8.04. The minimum absolute atomic E-state index is 0.176. The Morgan fingerprint density at radius 3 is 2.41 bits per heavy atom. The van der Waals surface area contributed by atoms with Gasteiger partial charge in [0.2, 0.25) is 0 Å². The summed E-state index contributed by atoms with van der Waals surface area (Å²) in [5, 5.41) is 8.27. The summed E-state index contributed by atoms with van der Waals surface area (Å²) in [6, 6.07) is 12.8. The molecule has 0 aromatic heterocycles. The highest BCUT2D eigenvalue weighted by Crippen LogP contribution is 2.24. The molecule has 4 amide bonds. The van der Waals surface area contributed by atoms with Gasteiger partial charge in [0, 0.05) is 25.3 Å². The first-order valence-electron chi connectivity index (χ1n) is 10.7. The third-order valence-electron chi connectivity index (χ3n) is 5.65. The monoisotopic (exact) mass is 438 g/mol. The number of anilines is 2. The highest BCUT2D eigenvalue weighted by Gasteiger charge is 2.24. The highest BCUT2D eigenvalue weighted by atomic mass is 16.5. The van der Waals surface area contributed by atoms with E-state index < -0.39 is 11.8 Å². The van der Waals surface area contributed by atoms with Crippen LogP contribution in [0.3, 0.4) is 0 Å². The molecule has 1 fully saturated rings. The molecule has 2 aromatic carbocycles. The van der Waals surface area contributed by atoms with E-state index in [0.717, 1.165) is 24.0 Å². The summed E-state index contributed by atoms with van der Waals surface area (Å²) < 4.78 is 5.27. The first-order valence-corrected chi connectivity index (χ1v) is 10.7. The number of piperidine rings is 1. The van der Waals surface area contributed by atoms with Crippen LogP contribution >= 0.6 is 0 Å². The maximum absolute atomic E-state index is 12.6. The number of carbonyl (C=O) groups excluding carboxylic acids is 3. The SMILES string of the molecule is COc1ccccc1NC(=O)N1CCC(CNC(=O)C(=O)Nc2cc(C)ccc2C)CC1. The van der Waals surface area contributed by atoms with Crippen LogP contribution in [0.5, 0.6) is 5.75 Å². The first kappa shape index (κ1) is 23.1. The molecule has 0 bridgehead atoms. The molecule has 32 heavy (non-hydrogen) atoms. The van der Waals surface area contributed by atoms with Crippen LogP contribution in [0, 0.1) is 19.8 Å². The number of rotatable bonds is 5. The Morgan fingerprint density at radius 2 is 1.69 bits per heavy atom. The molecule has 3 N–H and O–H groups in total. The molecule has 0 radical (unpaired) electrons. The Hall–Kier alpha value is -3.55. The Bertz CT molecular complexity index is 984. The first-order chi connectivity index (χ1) is 15.4. The zero-order chi connectivity index (χ0) is 23.1. The molecule has 1 saturated heterocycles. The lowest BCUT2D eigenvalue weighted by molar-refractivity contribution is -0.136. The minimum Gasteiger partial charge on any atom is -0.495 e. The number of aryl methyl sites for hydroxylation is 2. The molecule has 1 aliphatic rings. The number of ether oxygens (including phenoxy) is 1.